The first-order valence-corrected chi connectivity index (χ1v) is 2.46. The van der Waals surface area contributed by atoms with Crippen molar-refractivity contribution < 1.29 is 14.3 Å². The van der Waals surface area contributed by atoms with Gasteiger partial charge in [0.05, 0.1) is 0 Å². The second kappa shape index (κ2) is 2.51. The van der Waals surface area contributed by atoms with Crippen molar-refractivity contribution >= 4 is 29.2 Å². The third kappa shape index (κ3) is 5.98. The molecule has 0 saturated heterocycles. The van der Waals surface area contributed by atoms with Gasteiger partial charge in [-0.05, 0) is 0 Å². The number of alkyl halides is 3. The van der Waals surface area contributed by atoms with Crippen molar-refractivity contribution in [2.75, 3.05) is 0 Å². The molecule has 0 aliphatic rings. The van der Waals surface area contributed by atoms with E-state index in [4.69, 9.17) is 5.11 Å². The van der Waals surface area contributed by atoms with Gasteiger partial charge in [0.15, 0.2) is 0 Å². The number of carboxylic acids is 1. The Morgan fingerprint density at radius 1 is 1.75 bits per heavy atom. The number of carbonyl (C=O) groups is 1. The summed E-state index contributed by atoms with van der Waals surface area (Å²) in [5.41, 5.74) is 0. The summed E-state index contributed by atoms with van der Waals surface area (Å²) in [6, 6.07) is 0. The summed E-state index contributed by atoms with van der Waals surface area (Å²) in [5, 5.41) is 7.84. The van der Waals surface area contributed by atoms with E-state index in [-0.39, 0.29) is 0 Å². The average molecular weight is 161 g/mol. The fourth-order valence-corrected chi connectivity index (χ4v) is 0.400. The van der Waals surface area contributed by atoms with Crippen molar-refractivity contribution in [3.05, 3.63) is 0 Å². The monoisotopic (exact) mass is 160 g/mol. The van der Waals surface area contributed by atoms with Crippen LogP contribution >= 0.6 is 23.2 Å². The van der Waals surface area contributed by atoms with Gasteiger partial charge in [-0.25, -0.2) is 4.39 Å². The maximum atomic E-state index is 11.8. The van der Waals surface area contributed by atoms with Gasteiger partial charge < -0.3 is 5.11 Å². The van der Waals surface area contributed by atoms with Crippen LogP contribution in [0.2, 0.25) is 0 Å². The molecule has 0 spiro atoms. The predicted molar refractivity (Wildman–Crippen MR) is 27.8 cm³/mol. The molecular formula is C3H3Cl2FO2. The number of rotatable bonds is 2. The summed E-state index contributed by atoms with van der Waals surface area (Å²) < 4.78 is 9.16. The third-order valence-corrected chi connectivity index (χ3v) is 0.619. The average Bonchev–Trinajstić information content (AvgIpc) is 1.21. The van der Waals surface area contributed by atoms with Crippen molar-refractivity contribution in [2.45, 2.75) is 11.0 Å². The molecule has 0 radical (unpaired) electrons. The first-order valence-electron chi connectivity index (χ1n) is 1.70. The molecule has 0 aromatic carbocycles. The molecule has 48 valence electrons. The van der Waals surface area contributed by atoms with Gasteiger partial charge >= 0.3 is 5.97 Å². The first-order chi connectivity index (χ1) is 3.42. The zero-order chi connectivity index (χ0) is 6.78. The normalized spacial score (nSPS) is 11.4. The Morgan fingerprint density at radius 3 is 2.12 bits per heavy atom. The molecule has 0 rings (SSSR count). The van der Waals surface area contributed by atoms with Crippen LogP contribution in [0.1, 0.15) is 6.42 Å². The van der Waals surface area contributed by atoms with Crippen molar-refractivity contribution in [2.24, 2.45) is 0 Å². The van der Waals surface area contributed by atoms with Gasteiger partial charge in [-0.3, -0.25) is 4.79 Å². The molecule has 0 aromatic rings. The van der Waals surface area contributed by atoms with E-state index in [0.29, 0.717) is 0 Å². The zero-order valence-corrected chi connectivity index (χ0v) is 5.21. The van der Waals surface area contributed by atoms with E-state index >= 15 is 0 Å². The van der Waals surface area contributed by atoms with E-state index in [9.17, 15) is 9.18 Å². The third-order valence-electron chi connectivity index (χ3n) is 0.352. The van der Waals surface area contributed by atoms with E-state index in [2.05, 4.69) is 23.2 Å². The lowest BCUT2D eigenvalue weighted by Gasteiger charge is -2.02. The number of aliphatic carboxylic acids is 1. The Labute approximate surface area is 55.2 Å². The largest absolute Gasteiger partial charge is 0.481 e. The van der Waals surface area contributed by atoms with Crippen LogP contribution in [0.15, 0.2) is 0 Å². The molecule has 5 heteroatoms. The Morgan fingerprint density at radius 2 is 2.12 bits per heavy atom. The first kappa shape index (κ1) is 7.98. The van der Waals surface area contributed by atoms with Gasteiger partial charge in [0.25, 0.3) is 4.59 Å². The van der Waals surface area contributed by atoms with E-state index in [1.165, 1.54) is 0 Å². The molecule has 1 N–H and O–H groups in total. The van der Waals surface area contributed by atoms with Gasteiger partial charge in [0.1, 0.15) is 6.42 Å². The summed E-state index contributed by atoms with van der Waals surface area (Å²) in [5.74, 6) is -1.36. The van der Waals surface area contributed by atoms with Crippen LogP contribution in [0.25, 0.3) is 0 Å². The lowest BCUT2D eigenvalue weighted by molar-refractivity contribution is -0.137. The van der Waals surface area contributed by atoms with E-state index in [1.54, 1.807) is 0 Å². The molecule has 0 heterocycles. The fourth-order valence-electron chi connectivity index (χ4n) is 0.171. The topological polar surface area (TPSA) is 37.3 Å². The van der Waals surface area contributed by atoms with Crippen LogP contribution in [0.3, 0.4) is 0 Å². The van der Waals surface area contributed by atoms with Gasteiger partial charge in [-0.15, -0.1) is 0 Å². The molecule has 2 nitrogen and oxygen atoms in total. The van der Waals surface area contributed by atoms with Gasteiger partial charge in [-0.1, -0.05) is 23.2 Å². The lowest BCUT2D eigenvalue weighted by atomic mass is 10.5. The van der Waals surface area contributed by atoms with E-state index < -0.39 is 17.0 Å². The Bertz CT molecular complexity index is 97.9. The molecule has 0 atom stereocenters. The van der Waals surface area contributed by atoms with E-state index in [1.807, 2.05) is 0 Å². The van der Waals surface area contributed by atoms with Crippen LogP contribution in [-0.4, -0.2) is 15.7 Å². The lowest BCUT2D eigenvalue weighted by Crippen LogP contribution is -2.10. The molecule has 0 bridgehead atoms. The second-order valence-electron chi connectivity index (χ2n) is 1.19. The Kier molecular flexibility index (Phi) is 2.50. The number of halogens is 3. The van der Waals surface area contributed by atoms with E-state index in [0.717, 1.165) is 0 Å². The summed E-state index contributed by atoms with van der Waals surface area (Å²) in [6.07, 6.45) is -0.893. The molecule has 8 heavy (non-hydrogen) atoms. The quantitative estimate of drug-likeness (QED) is 0.624. The molecule has 0 fully saturated rings. The summed E-state index contributed by atoms with van der Waals surface area (Å²) in [7, 11) is 0. The Balaban J connectivity index is 3.55. The molecule has 0 saturated carbocycles. The summed E-state index contributed by atoms with van der Waals surface area (Å²) in [4.78, 5) is 9.61. The van der Waals surface area contributed by atoms with Gasteiger partial charge in [-0.2, -0.15) is 0 Å². The smallest absolute Gasteiger partial charge is 0.309 e. The molecule has 0 aliphatic carbocycles. The number of carboxylic acid groups (broad SMARTS) is 1. The highest BCUT2D eigenvalue weighted by Crippen LogP contribution is 2.25. The highest BCUT2D eigenvalue weighted by atomic mass is 35.5. The molecular weight excluding hydrogens is 158 g/mol. The SMILES string of the molecule is O=C(O)CC(F)(Cl)Cl. The van der Waals surface area contributed by atoms with Crippen molar-refractivity contribution in [3.8, 4) is 0 Å². The molecule has 0 aromatic heterocycles. The highest BCUT2D eigenvalue weighted by Gasteiger charge is 2.25. The van der Waals surface area contributed by atoms with Crippen molar-refractivity contribution in [1.82, 2.24) is 0 Å². The maximum absolute atomic E-state index is 11.8. The zero-order valence-electron chi connectivity index (χ0n) is 3.70. The van der Waals surface area contributed by atoms with Gasteiger partial charge in [0, 0.05) is 0 Å². The second-order valence-corrected chi connectivity index (χ2v) is 2.58. The highest BCUT2D eigenvalue weighted by molar-refractivity contribution is 6.47. The standard InChI is InChI=1S/C3H3Cl2FO2/c4-3(5,6)1-2(7)8/h1H2,(H,7,8). The number of hydrogen-bond donors (Lipinski definition) is 1. The maximum Gasteiger partial charge on any atom is 0.309 e. The molecule has 0 unspecified atom stereocenters. The van der Waals surface area contributed by atoms with Crippen LogP contribution < -0.4 is 0 Å². The van der Waals surface area contributed by atoms with Crippen LogP contribution in [0, 0.1) is 0 Å². The number of hydrogen-bond acceptors (Lipinski definition) is 1. The van der Waals surface area contributed by atoms with Crippen LogP contribution in [-0.2, 0) is 4.79 Å². The van der Waals surface area contributed by atoms with Gasteiger partial charge in [0.2, 0.25) is 0 Å². The molecule has 0 amide bonds. The van der Waals surface area contributed by atoms with Crippen molar-refractivity contribution in [1.29, 1.82) is 0 Å². The fraction of sp³-hybridized carbons (Fsp3) is 0.667. The minimum absolute atomic E-state index is 0.893. The minimum atomic E-state index is -2.63. The Hall–Kier alpha value is -0.0200. The minimum Gasteiger partial charge on any atom is -0.481 e. The predicted octanol–water partition coefficient (Wildman–Crippen LogP) is 1.56. The molecule has 0 aliphatic heterocycles. The summed E-state index contributed by atoms with van der Waals surface area (Å²) in [6.45, 7) is 0. The van der Waals surface area contributed by atoms with Crippen LogP contribution in [0.5, 0.6) is 0 Å². The summed E-state index contributed by atoms with van der Waals surface area (Å²) >= 11 is 9.29. The van der Waals surface area contributed by atoms with Crippen LogP contribution in [0.4, 0.5) is 4.39 Å². The van der Waals surface area contributed by atoms with Crippen molar-refractivity contribution in [3.63, 3.8) is 0 Å².